The third-order valence-corrected chi connectivity index (χ3v) is 6.99. The highest BCUT2D eigenvalue weighted by Crippen LogP contribution is 2.30. The van der Waals surface area contributed by atoms with Crippen molar-refractivity contribution >= 4 is 40.5 Å². The van der Waals surface area contributed by atoms with Crippen LogP contribution in [0, 0.1) is 6.92 Å². The third-order valence-electron chi connectivity index (χ3n) is 6.06. The number of likely N-dealkylation sites (tertiary alicyclic amines) is 1. The molecular weight excluding hydrogens is 430 g/mol. The van der Waals surface area contributed by atoms with E-state index in [4.69, 9.17) is 0 Å². The Balaban J connectivity index is 1.58. The number of anilines is 1. The minimum Gasteiger partial charge on any atom is -0.342 e. The summed E-state index contributed by atoms with van der Waals surface area (Å²) in [6.45, 7) is 7.98. The van der Waals surface area contributed by atoms with Crippen LogP contribution in [0.25, 0.3) is 6.08 Å². The number of amidine groups is 1. The Kier molecular flexibility index (Phi) is 7.33. The maximum absolute atomic E-state index is 13.4. The normalized spacial score (nSPS) is 17.8. The smallest absolute Gasteiger partial charge is 0.283 e. The van der Waals surface area contributed by atoms with Crippen molar-refractivity contribution in [2.45, 2.75) is 46.0 Å². The average molecular weight is 462 g/mol. The molecule has 2 aromatic carbocycles. The molecule has 0 radical (unpaired) electrons. The number of nitrogens with zero attached hydrogens (tertiary/aromatic N) is 3. The van der Waals surface area contributed by atoms with Gasteiger partial charge in [-0.25, -0.2) is 4.99 Å². The molecule has 33 heavy (non-hydrogen) atoms. The summed E-state index contributed by atoms with van der Waals surface area (Å²) in [5.41, 5.74) is 4.47. The van der Waals surface area contributed by atoms with Crippen molar-refractivity contribution in [1.82, 2.24) is 4.90 Å². The van der Waals surface area contributed by atoms with Crippen LogP contribution in [0.2, 0.25) is 0 Å². The van der Waals surface area contributed by atoms with Gasteiger partial charge in [-0.3, -0.25) is 14.5 Å². The summed E-state index contributed by atoms with van der Waals surface area (Å²) >= 11 is 1.34. The van der Waals surface area contributed by atoms with Crippen LogP contribution < -0.4 is 4.90 Å². The van der Waals surface area contributed by atoms with Gasteiger partial charge in [-0.2, -0.15) is 0 Å². The molecule has 0 aromatic heterocycles. The first-order valence-corrected chi connectivity index (χ1v) is 12.6. The molecule has 0 aliphatic carbocycles. The van der Waals surface area contributed by atoms with E-state index in [9.17, 15) is 9.59 Å². The van der Waals surface area contributed by atoms with Gasteiger partial charge in [-0.05, 0) is 61.4 Å². The highest BCUT2D eigenvalue weighted by molar-refractivity contribution is 8.14. The minimum absolute atomic E-state index is 0.111. The quantitative estimate of drug-likeness (QED) is 0.544. The molecule has 0 unspecified atom stereocenters. The largest absolute Gasteiger partial charge is 0.342 e. The molecule has 2 heterocycles. The Morgan fingerprint density at radius 1 is 1.03 bits per heavy atom. The zero-order chi connectivity index (χ0) is 23.4. The van der Waals surface area contributed by atoms with Gasteiger partial charge in [0.1, 0.15) is 5.70 Å². The first-order valence-electron chi connectivity index (χ1n) is 11.6. The number of benzene rings is 2. The van der Waals surface area contributed by atoms with E-state index in [1.165, 1.54) is 23.7 Å². The minimum atomic E-state index is -0.167. The van der Waals surface area contributed by atoms with Crippen molar-refractivity contribution in [2.24, 2.45) is 4.99 Å². The van der Waals surface area contributed by atoms with Gasteiger partial charge < -0.3 is 4.90 Å². The van der Waals surface area contributed by atoms with Gasteiger partial charge in [0.05, 0.1) is 11.4 Å². The van der Waals surface area contributed by atoms with Crippen molar-refractivity contribution in [3.05, 3.63) is 70.9 Å². The predicted octanol–water partition coefficient (Wildman–Crippen LogP) is 5.61. The molecule has 1 saturated heterocycles. The van der Waals surface area contributed by atoms with E-state index in [1.807, 2.05) is 54.3 Å². The standard InChI is InChI=1S/C27H31N3O2S/c1-19(2)22-11-9-21(10-12-22)17-24-26(32)30(23-13-7-20(3)8-14-23)27(28-24)33-18-25(31)29-15-5-4-6-16-29/h7-14,17,19H,4-6,15-16,18H2,1-3H3. The molecule has 2 aromatic rings. The van der Waals surface area contributed by atoms with Crippen LogP contribution in [0.3, 0.4) is 0 Å². The fourth-order valence-corrected chi connectivity index (χ4v) is 4.93. The molecule has 1 fully saturated rings. The lowest BCUT2D eigenvalue weighted by Gasteiger charge is -2.26. The second kappa shape index (κ2) is 10.4. The number of hydrogen-bond acceptors (Lipinski definition) is 4. The summed E-state index contributed by atoms with van der Waals surface area (Å²) in [5, 5.41) is 0.555. The molecule has 0 saturated carbocycles. The molecule has 2 aliphatic rings. The van der Waals surface area contributed by atoms with Crippen molar-refractivity contribution in [1.29, 1.82) is 0 Å². The highest BCUT2D eigenvalue weighted by Gasteiger charge is 2.32. The summed E-state index contributed by atoms with van der Waals surface area (Å²) in [7, 11) is 0. The van der Waals surface area contributed by atoms with E-state index in [0.717, 1.165) is 42.7 Å². The van der Waals surface area contributed by atoms with Gasteiger partial charge in [0.2, 0.25) is 5.91 Å². The van der Waals surface area contributed by atoms with Crippen molar-refractivity contribution < 1.29 is 9.59 Å². The highest BCUT2D eigenvalue weighted by atomic mass is 32.2. The average Bonchev–Trinajstić information content (AvgIpc) is 3.13. The third kappa shape index (κ3) is 5.56. The maximum atomic E-state index is 13.4. The fourth-order valence-electron chi connectivity index (χ4n) is 4.01. The van der Waals surface area contributed by atoms with E-state index >= 15 is 0 Å². The number of hydrogen-bond donors (Lipinski definition) is 0. The molecule has 2 aliphatic heterocycles. The Hall–Kier alpha value is -2.86. The van der Waals surface area contributed by atoms with Crippen molar-refractivity contribution in [3.8, 4) is 0 Å². The Morgan fingerprint density at radius 3 is 2.33 bits per heavy atom. The van der Waals surface area contributed by atoms with E-state index in [-0.39, 0.29) is 17.6 Å². The number of piperidine rings is 1. The lowest BCUT2D eigenvalue weighted by molar-refractivity contribution is -0.129. The molecule has 5 nitrogen and oxygen atoms in total. The molecular formula is C27H31N3O2S. The van der Waals surface area contributed by atoms with Gasteiger partial charge in [0.25, 0.3) is 5.91 Å². The van der Waals surface area contributed by atoms with Crippen LogP contribution in [-0.4, -0.2) is 40.7 Å². The number of carbonyl (C=O) groups is 2. The van der Waals surface area contributed by atoms with Crippen molar-refractivity contribution in [3.63, 3.8) is 0 Å². The molecule has 2 amide bonds. The summed E-state index contributed by atoms with van der Waals surface area (Å²) in [6.07, 6.45) is 5.14. The number of aryl methyl sites for hydroxylation is 1. The molecule has 0 N–H and O–H groups in total. The second-order valence-corrected chi connectivity index (χ2v) is 9.89. The molecule has 0 spiro atoms. The molecule has 6 heteroatoms. The Bertz CT molecular complexity index is 1070. The number of amides is 2. The van der Waals surface area contributed by atoms with E-state index in [2.05, 4.69) is 31.0 Å². The molecule has 0 bridgehead atoms. The predicted molar refractivity (Wildman–Crippen MR) is 137 cm³/mol. The number of rotatable bonds is 5. The van der Waals surface area contributed by atoms with Crippen molar-refractivity contribution in [2.75, 3.05) is 23.7 Å². The Labute approximate surface area is 200 Å². The zero-order valence-electron chi connectivity index (χ0n) is 19.6. The van der Waals surface area contributed by atoms with Crippen LogP contribution in [-0.2, 0) is 9.59 Å². The molecule has 0 atom stereocenters. The van der Waals surface area contributed by atoms with Crippen LogP contribution in [0.4, 0.5) is 5.69 Å². The second-order valence-electron chi connectivity index (χ2n) is 8.95. The van der Waals surface area contributed by atoms with Crippen LogP contribution in [0.1, 0.15) is 55.7 Å². The van der Waals surface area contributed by atoms with Crippen LogP contribution >= 0.6 is 11.8 Å². The number of thioether (sulfide) groups is 1. The molecule has 172 valence electrons. The summed E-state index contributed by atoms with van der Waals surface area (Å²) < 4.78 is 0. The Morgan fingerprint density at radius 2 is 1.70 bits per heavy atom. The van der Waals surface area contributed by atoms with E-state index in [0.29, 0.717) is 16.8 Å². The summed E-state index contributed by atoms with van der Waals surface area (Å²) in [4.78, 5) is 34.3. The number of aliphatic imine (C=N–C) groups is 1. The van der Waals surface area contributed by atoms with Gasteiger partial charge in [0, 0.05) is 13.1 Å². The lowest BCUT2D eigenvalue weighted by Crippen LogP contribution is -2.38. The summed E-state index contributed by atoms with van der Waals surface area (Å²) in [5.74, 6) is 0.681. The topological polar surface area (TPSA) is 53.0 Å². The SMILES string of the molecule is Cc1ccc(N2C(=O)C(=Cc3ccc(C(C)C)cc3)N=C2SCC(=O)N2CCCCC2)cc1. The fraction of sp³-hybridized carbons (Fsp3) is 0.370. The van der Waals surface area contributed by atoms with E-state index < -0.39 is 0 Å². The van der Waals surface area contributed by atoms with Gasteiger partial charge in [0.15, 0.2) is 5.17 Å². The maximum Gasteiger partial charge on any atom is 0.283 e. The monoisotopic (exact) mass is 461 g/mol. The van der Waals surface area contributed by atoms with Gasteiger partial charge in [-0.1, -0.05) is 67.6 Å². The summed E-state index contributed by atoms with van der Waals surface area (Å²) in [6, 6.07) is 16.0. The lowest BCUT2D eigenvalue weighted by atomic mass is 10.0. The van der Waals surface area contributed by atoms with Crippen LogP contribution in [0.15, 0.2) is 59.2 Å². The first-order chi connectivity index (χ1) is 15.9. The zero-order valence-corrected chi connectivity index (χ0v) is 20.4. The van der Waals surface area contributed by atoms with Crippen LogP contribution in [0.5, 0.6) is 0 Å². The van der Waals surface area contributed by atoms with Gasteiger partial charge in [-0.15, -0.1) is 0 Å². The number of carbonyl (C=O) groups excluding carboxylic acids is 2. The van der Waals surface area contributed by atoms with Gasteiger partial charge >= 0.3 is 0 Å². The molecule has 4 rings (SSSR count). The first kappa shape index (κ1) is 23.3. The van der Waals surface area contributed by atoms with E-state index in [1.54, 1.807) is 4.90 Å².